The molecule has 0 radical (unpaired) electrons. The van der Waals surface area contributed by atoms with E-state index in [0.717, 1.165) is 10.2 Å². The van der Waals surface area contributed by atoms with Crippen molar-refractivity contribution in [2.24, 2.45) is 4.99 Å². The van der Waals surface area contributed by atoms with Gasteiger partial charge in [-0.3, -0.25) is 9.98 Å². The van der Waals surface area contributed by atoms with Crippen LogP contribution >= 0.6 is 39.9 Å². The molecule has 0 bridgehead atoms. The highest BCUT2D eigenvalue weighted by Gasteiger charge is 2.04. The van der Waals surface area contributed by atoms with Gasteiger partial charge < -0.3 is 10.6 Å². The maximum atomic E-state index is 13.6. The largest absolute Gasteiger partial charge is 0.356 e. The van der Waals surface area contributed by atoms with Gasteiger partial charge in [0, 0.05) is 24.3 Å². The molecule has 1 heterocycles. The minimum atomic E-state index is -0.193. The van der Waals surface area contributed by atoms with Crippen molar-refractivity contribution in [1.29, 1.82) is 0 Å². The molecule has 0 aliphatic carbocycles. The first-order valence-electron chi connectivity index (χ1n) is 6.97. The quantitative estimate of drug-likeness (QED) is 0.381. The molecule has 0 atom stereocenters. The van der Waals surface area contributed by atoms with E-state index in [4.69, 9.17) is 0 Å². The summed E-state index contributed by atoms with van der Waals surface area (Å²) < 4.78 is 14.5. The summed E-state index contributed by atoms with van der Waals surface area (Å²) in [7, 11) is 1.70. The number of halogens is 3. The first-order chi connectivity index (χ1) is 10.7. The third-order valence-electron chi connectivity index (χ3n) is 3.08. The Balaban J connectivity index is 0.00000264. The number of pyridine rings is 1. The number of benzene rings is 1. The van der Waals surface area contributed by atoms with Crippen LogP contribution in [0.2, 0.25) is 0 Å². The fourth-order valence-corrected chi connectivity index (χ4v) is 2.36. The van der Waals surface area contributed by atoms with Crippen molar-refractivity contribution in [3.8, 4) is 0 Å². The van der Waals surface area contributed by atoms with Crippen molar-refractivity contribution in [3.05, 3.63) is 64.1 Å². The average Bonchev–Trinajstić information content (AvgIpc) is 2.55. The molecule has 0 saturated carbocycles. The Hall–Kier alpha value is -1.22. The minimum Gasteiger partial charge on any atom is -0.356 e. The van der Waals surface area contributed by atoms with Crippen molar-refractivity contribution >= 4 is 45.9 Å². The summed E-state index contributed by atoms with van der Waals surface area (Å²) in [6, 6.07) is 10.7. The van der Waals surface area contributed by atoms with E-state index in [2.05, 4.69) is 36.5 Å². The van der Waals surface area contributed by atoms with E-state index < -0.39 is 0 Å². The highest BCUT2D eigenvalue weighted by atomic mass is 127. The summed E-state index contributed by atoms with van der Waals surface area (Å²) in [6.07, 6.45) is 2.33. The van der Waals surface area contributed by atoms with Crippen molar-refractivity contribution in [2.75, 3.05) is 13.6 Å². The lowest BCUT2D eigenvalue weighted by molar-refractivity contribution is 0.606. The van der Waals surface area contributed by atoms with Crippen molar-refractivity contribution in [1.82, 2.24) is 15.6 Å². The molecule has 4 nitrogen and oxygen atoms in total. The number of aliphatic imine (C=N–C) groups is 1. The van der Waals surface area contributed by atoms with Crippen LogP contribution in [0.4, 0.5) is 4.39 Å². The first kappa shape index (κ1) is 19.8. The molecule has 23 heavy (non-hydrogen) atoms. The maximum absolute atomic E-state index is 13.6. The summed E-state index contributed by atoms with van der Waals surface area (Å²) in [5, 5.41) is 6.34. The topological polar surface area (TPSA) is 49.3 Å². The second-order valence-corrected chi connectivity index (χ2v) is 5.58. The maximum Gasteiger partial charge on any atom is 0.191 e. The van der Waals surface area contributed by atoms with Crippen LogP contribution in [0.1, 0.15) is 11.3 Å². The van der Waals surface area contributed by atoms with Gasteiger partial charge in [0.15, 0.2) is 5.96 Å². The number of rotatable bonds is 5. The number of hydrogen-bond donors (Lipinski definition) is 2. The standard InChI is InChI=1S/C16H18BrFN4.HI/c1-19-16(22-11-14-4-2-3-8-20-14)21-9-7-12-10-13(17)5-6-15(12)18;/h2-6,8,10H,7,9,11H2,1H3,(H2,19,21,22);1H. The molecule has 124 valence electrons. The van der Waals surface area contributed by atoms with Crippen LogP contribution in [0, 0.1) is 5.82 Å². The van der Waals surface area contributed by atoms with E-state index in [1.807, 2.05) is 18.2 Å². The first-order valence-corrected chi connectivity index (χ1v) is 7.76. The number of nitrogens with one attached hydrogen (secondary N) is 2. The molecule has 0 unspecified atom stereocenters. The SMILES string of the molecule is CN=C(NCCc1cc(Br)ccc1F)NCc1ccccn1.I. The normalized spacial score (nSPS) is 10.8. The lowest BCUT2D eigenvalue weighted by Crippen LogP contribution is -2.38. The molecule has 0 saturated heterocycles. The lowest BCUT2D eigenvalue weighted by atomic mass is 10.1. The summed E-state index contributed by atoms with van der Waals surface area (Å²) in [5.74, 6) is 0.475. The van der Waals surface area contributed by atoms with Gasteiger partial charge in [0.1, 0.15) is 5.82 Å². The van der Waals surface area contributed by atoms with Crippen molar-refractivity contribution in [3.63, 3.8) is 0 Å². The second-order valence-electron chi connectivity index (χ2n) is 4.66. The lowest BCUT2D eigenvalue weighted by Gasteiger charge is -2.12. The molecular weight excluding hydrogens is 474 g/mol. The van der Waals surface area contributed by atoms with Crippen LogP contribution in [0.5, 0.6) is 0 Å². The predicted molar refractivity (Wildman–Crippen MR) is 106 cm³/mol. The Bertz CT molecular complexity index is 637. The molecule has 1 aromatic carbocycles. The highest BCUT2D eigenvalue weighted by molar-refractivity contribution is 14.0. The molecular formula is C16H19BrFIN4. The fourth-order valence-electron chi connectivity index (χ4n) is 1.95. The highest BCUT2D eigenvalue weighted by Crippen LogP contribution is 2.15. The van der Waals surface area contributed by atoms with Gasteiger partial charge in [-0.2, -0.15) is 0 Å². The van der Waals surface area contributed by atoms with Gasteiger partial charge in [0.25, 0.3) is 0 Å². The minimum absolute atomic E-state index is 0. The zero-order valence-corrected chi connectivity index (χ0v) is 16.6. The molecule has 2 rings (SSSR count). The predicted octanol–water partition coefficient (Wildman–Crippen LogP) is 3.51. The number of guanidine groups is 1. The Kier molecular flexibility index (Phi) is 9.08. The molecule has 0 amide bonds. The molecule has 1 aromatic heterocycles. The number of hydrogen-bond acceptors (Lipinski definition) is 2. The molecule has 2 aromatic rings. The van der Waals surface area contributed by atoms with Crippen LogP contribution in [-0.2, 0) is 13.0 Å². The van der Waals surface area contributed by atoms with Crippen LogP contribution in [0.25, 0.3) is 0 Å². The smallest absolute Gasteiger partial charge is 0.191 e. The van der Waals surface area contributed by atoms with Gasteiger partial charge in [0.05, 0.1) is 12.2 Å². The Labute approximate surface area is 161 Å². The van der Waals surface area contributed by atoms with E-state index in [1.165, 1.54) is 6.07 Å². The summed E-state index contributed by atoms with van der Waals surface area (Å²) in [4.78, 5) is 8.37. The van der Waals surface area contributed by atoms with Gasteiger partial charge in [-0.25, -0.2) is 4.39 Å². The van der Waals surface area contributed by atoms with Crippen molar-refractivity contribution < 1.29 is 4.39 Å². The van der Waals surface area contributed by atoms with E-state index in [1.54, 1.807) is 25.4 Å². The van der Waals surface area contributed by atoms with E-state index in [0.29, 0.717) is 31.0 Å². The van der Waals surface area contributed by atoms with Crippen LogP contribution in [0.15, 0.2) is 52.1 Å². The second kappa shape index (κ2) is 10.5. The third kappa shape index (κ3) is 6.82. The zero-order chi connectivity index (χ0) is 15.8. The third-order valence-corrected chi connectivity index (χ3v) is 3.57. The summed E-state index contributed by atoms with van der Waals surface area (Å²) in [6.45, 7) is 1.18. The van der Waals surface area contributed by atoms with Gasteiger partial charge in [-0.05, 0) is 42.3 Å². The number of nitrogens with zero attached hydrogens (tertiary/aromatic N) is 2. The van der Waals surface area contributed by atoms with Gasteiger partial charge in [-0.1, -0.05) is 22.0 Å². The molecule has 7 heteroatoms. The summed E-state index contributed by atoms with van der Waals surface area (Å²) >= 11 is 3.35. The van der Waals surface area contributed by atoms with Crippen LogP contribution < -0.4 is 10.6 Å². The van der Waals surface area contributed by atoms with Gasteiger partial charge in [-0.15, -0.1) is 24.0 Å². The van der Waals surface area contributed by atoms with Crippen molar-refractivity contribution in [2.45, 2.75) is 13.0 Å². The Morgan fingerprint density at radius 2 is 2.09 bits per heavy atom. The van der Waals surface area contributed by atoms with Gasteiger partial charge >= 0.3 is 0 Å². The molecule has 0 aliphatic rings. The van der Waals surface area contributed by atoms with E-state index >= 15 is 0 Å². The van der Waals surface area contributed by atoms with Crippen LogP contribution in [-0.4, -0.2) is 24.5 Å². The number of aromatic nitrogens is 1. The van der Waals surface area contributed by atoms with Crippen LogP contribution in [0.3, 0.4) is 0 Å². The zero-order valence-electron chi connectivity index (χ0n) is 12.7. The molecule has 0 spiro atoms. The van der Waals surface area contributed by atoms with E-state index in [9.17, 15) is 4.39 Å². The molecule has 0 fully saturated rings. The molecule has 0 aliphatic heterocycles. The average molecular weight is 493 g/mol. The van der Waals surface area contributed by atoms with E-state index in [-0.39, 0.29) is 29.8 Å². The monoisotopic (exact) mass is 492 g/mol. The fraction of sp³-hybridized carbons (Fsp3) is 0.250. The molecule has 2 N–H and O–H groups in total. The van der Waals surface area contributed by atoms with Gasteiger partial charge in [0.2, 0.25) is 0 Å². The summed E-state index contributed by atoms with van der Waals surface area (Å²) in [5.41, 5.74) is 1.60. The Morgan fingerprint density at radius 3 is 2.78 bits per heavy atom. The Morgan fingerprint density at radius 1 is 1.26 bits per heavy atom.